The van der Waals surface area contributed by atoms with Gasteiger partial charge in [-0.1, -0.05) is 91.0 Å². The Balaban J connectivity index is 1.54. The first kappa shape index (κ1) is 29.7. The van der Waals surface area contributed by atoms with Crippen LogP contribution >= 0.6 is 11.3 Å². The molecule has 0 spiro atoms. The number of H-pyrrole nitrogens is 1. The number of hydrogen-bond donors (Lipinski definition) is 2. The topological polar surface area (TPSA) is 165 Å². The second-order valence-electron chi connectivity index (χ2n) is 11.9. The highest BCUT2D eigenvalue weighted by Crippen LogP contribution is 2.62. The summed E-state index contributed by atoms with van der Waals surface area (Å²) in [5, 5.41) is 42.4. The van der Waals surface area contributed by atoms with E-state index < -0.39 is 11.5 Å². The number of fused-ring (bicyclic) bond motifs is 2. The molecule has 3 aromatic heterocycles. The summed E-state index contributed by atoms with van der Waals surface area (Å²) in [5.74, 6) is -0.576. The van der Waals surface area contributed by atoms with Crippen LogP contribution in [0, 0.1) is 10.1 Å². The van der Waals surface area contributed by atoms with E-state index in [1.807, 2.05) is 114 Å². The number of para-hydroxylation sites is 2. The van der Waals surface area contributed by atoms with Gasteiger partial charge in [-0.25, -0.2) is 4.98 Å². The minimum absolute atomic E-state index is 0.134. The molecule has 13 nitrogen and oxygen atoms in total. The number of benzene rings is 4. The van der Waals surface area contributed by atoms with Gasteiger partial charge < -0.3 is 9.42 Å². The summed E-state index contributed by atoms with van der Waals surface area (Å²) < 4.78 is 6.36. The average molecular weight is 679 g/mol. The molecule has 9 rings (SSSR count). The van der Waals surface area contributed by atoms with Crippen molar-refractivity contribution in [1.82, 2.24) is 41.3 Å². The molecular formula is C36H26N10O3S. The number of anilines is 1. The largest absolute Gasteiger partial charge is 0.345 e. The number of nitrogens with one attached hydrogen (secondary N) is 2. The first-order chi connectivity index (χ1) is 24.7. The van der Waals surface area contributed by atoms with E-state index in [0.29, 0.717) is 28.3 Å². The summed E-state index contributed by atoms with van der Waals surface area (Å²) in [5.41, 5.74) is 3.86. The average Bonchev–Trinajstić information content (AvgIpc) is 3.97. The lowest BCUT2D eigenvalue weighted by Gasteiger charge is -2.51. The highest BCUT2D eigenvalue weighted by atomic mass is 32.1. The maximum absolute atomic E-state index is 14.3. The van der Waals surface area contributed by atoms with Crippen molar-refractivity contribution in [1.29, 1.82) is 0 Å². The lowest BCUT2D eigenvalue weighted by molar-refractivity contribution is -0.435. The number of rotatable bonds is 7. The molecule has 50 heavy (non-hydrogen) atoms. The van der Waals surface area contributed by atoms with Crippen LogP contribution in [0.3, 0.4) is 0 Å². The van der Waals surface area contributed by atoms with Gasteiger partial charge in [0.2, 0.25) is 5.82 Å². The van der Waals surface area contributed by atoms with Crippen LogP contribution in [0.25, 0.3) is 26.9 Å². The van der Waals surface area contributed by atoms with Gasteiger partial charge in [0.05, 0.1) is 33.3 Å². The van der Waals surface area contributed by atoms with Gasteiger partial charge in [-0.2, -0.15) is 5.21 Å². The lowest BCUT2D eigenvalue weighted by atomic mass is 9.62. The monoisotopic (exact) mass is 678 g/mol. The third kappa shape index (κ3) is 4.49. The summed E-state index contributed by atoms with van der Waals surface area (Å²) in [6.45, 7) is 0.804. The van der Waals surface area contributed by atoms with E-state index in [0.717, 1.165) is 32.6 Å². The van der Waals surface area contributed by atoms with Gasteiger partial charge in [-0.15, -0.1) is 26.6 Å². The Hall–Kier alpha value is -6.38. The number of allylic oxidation sites excluding steroid dienone is 2. The van der Waals surface area contributed by atoms with E-state index >= 15 is 0 Å². The molecule has 4 heterocycles. The summed E-state index contributed by atoms with van der Waals surface area (Å²) in [6.07, 6.45) is 1.40. The molecule has 2 atom stereocenters. The van der Waals surface area contributed by atoms with E-state index in [2.05, 4.69) is 36.3 Å². The molecule has 2 unspecified atom stereocenters. The Kier molecular flexibility index (Phi) is 7.10. The fraction of sp³-hybridized carbons (Fsp3) is 0.111. The predicted molar refractivity (Wildman–Crippen MR) is 187 cm³/mol. The second-order valence-corrected chi connectivity index (χ2v) is 12.9. The molecule has 1 aliphatic heterocycles. The number of aromatic amines is 1. The van der Waals surface area contributed by atoms with Crippen LogP contribution in [0.4, 0.5) is 5.69 Å². The van der Waals surface area contributed by atoms with E-state index in [1.54, 1.807) is 0 Å². The summed E-state index contributed by atoms with van der Waals surface area (Å²) >= 11 is 1.38. The lowest BCUT2D eigenvalue weighted by Crippen LogP contribution is -2.59. The van der Waals surface area contributed by atoms with Crippen LogP contribution in [0.5, 0.6) is 0 Å². The molecule has 1 aliphatic carbocycles. The second kappa shape index (κ2) is 11.9. The van der Waals surface area contributed by atoms with Crippen molar-refractivity contribution in [3.63, 3.8) is 0 Å². The predicted octanol–water partition coefficient (Wildman–Crippen LogP) is 6.05. The molecule has 0 saturated carbocycles. The van der Waals surface area contributed by atoms with Crippen molar-refractivity contribution in [2.75, 3.05) is 11.6 Å². The van der Waals surface area contributed by atoms with Crippen LogP contribution in [-0.2, 0) is 12.1 Å². The van der Waals surface area contributed by atoms with E-state index in [4.69, 9.17) is 9.51 Å². The molecule has 2 N–H and O–H groups in total. The van der Waals surface area contributed by atoms with E-state index in [1.165, 1.54) is 17.6 Å². The van der Waals surface area contributed by atoms with Gasteiger partial charge in [0.1, 0.15) is 10.7 Å². The normalized spacial score (nSPS) is 19.2. The van der Waals surface area contributed by atoms with Crippen molar-refractivity contribution in [2.45, 2.75) is 18.0 Å². The van der Waals surface area contributed by atoms with Gasteiger partial charge >= 0.3 is 0 Å². The van der Waals surface area contributed by atoms with Crippen molar-refractivity contribution in [3.8, 4) is 0 Å². The van der Waals surface area contributed by atoms with Crippen LogP contribution < -0.4 is 10.2 Å². The molecule has 7 aromatic rings. The maximum Gasteiger partial charge on any atom is 0.289 e. The van der Waals surface area contributed by atoms with Crippen molar-refractivity contribution < 1.29 is 9.45 Å². The maximum atomic E-state index is 14.3. The van der Waals surface area contributed by atoms with E-state index in [-0.39, 0.29) is 28.8 Å². The molecule has 4 aromatic carbocycles. The summed E-state index contributed by atoms with van der Waals surface area (Å²) in [7, 11) is 0. The van der Waals surface area contributed by atoms with E-state index in [9.17, 15) is 10.1 Å². The zero-order valence-electron chi connectivity index (χ0n) is 26.2. The molecular weight excluding hydrogens is 653 g/mol. The van der Waals surface area contributed by atoms with Gasteiger partial charge in [-0.3, -0.25) is 15.4 Å². The minimum atomic E-state index is -1.70. The fourth-order valence-corrected chi connectivity index (χ4v) is 8.49. The third-order valence-corrected chi connectivity index (χ3v) is 10.4. The quantitative estimate of drug-likeness (QED) is 0.149. The van der Waals surface area contributed by atoms with Crippen molar-refractivity contribution in [2.24, 2.45) is 0 Å². The van der Waals surface area contributed by atoms with Crippen LogP contribution in [0.1, 0.15) is 39.1 Å². The Labute approximate surface area is 288 Å². The first-order valence-corrected chi connectivity index (χ1v) is 16.7. The molecule has 0 amide bonds. The Morgan fingerprint density at radius 3 is 2.40 bits per heavy atom. The fourth-order valence-electron chi connectivity index (χ4n) is 7.47. The highest BCUT2D eigenvalue weighted by Gasteiger charge is 2.64. The number of aromatic nitrogens is 7. The standard InChI is InChI=1S/C36H26N10O3S/c47-46(48)33-31(35-38-25-16-8-10-18-27(25)50-35)29(22-11-3-1-4-12-22)30(34-40-42-43-41-34)32(23-13-5-2-6-14-23)36(33,28-20-49-44-39-28)45-21-37-19-24-15-7-9-17-26(24)45/h1-18,20,32,37H,19,21H2,(H,40,41,42,43). The molecule has 244 valence electrons. The molecule has 0 fully saturated rings. The van der Waals surface area contributed by atoms with Crippen LogP contribution in [-0.4, -0.2) is 47.6 Å². The zero-order valence-corrected chi connectivity index (χ0v) is 27.0. The summed E-state index contributed by atoms with van der Waals surface area (Å²) in [6, 6.07) is 34.8. The number of nitrogens with zero attached hydrogens (tertiary/aromatic N) is 8. The number of tetrazole rings is 1. The van der Waals surface area contributed by atoms with Crippen LogP contribution in [0.15, 0.2) is 126 Å². The SMILES string of the molecule is O=[N+]([O-])C1=C(c2nc3ccccc3s2)C(c2ccccc2)=C(c2nn[nH]n2)C(c2ccccc2)C1(c1conn1)N1CNCc2ccccc21. The van der Waals surface area contributed by atoms with Gasteiger partial charge in [-0.05, 0) is 40.1 Å². The van der Waals surface area contributed by atoms with Crippen LogP contribution in [0.2, 0.25) is 0 Å². The molecule has 14 heteroatoms. The van der Waals surface area contributed by atoms with Crippen molar-refractivity contribution in [3.05, 3.63) is 164 Å². The molecule has 2 aliphatic rings. The highest BCUT2D eigenvalue weighted by molar-refractivity contribution is 7.19. The van der Waals surface area contributed by atoms with Gasteiger partial charge in [0.15, 0.2) is 11.8 Å². The molecule has 0 saturated heterocycles. The number of nitro groups is 1. The Morgan fingerprint density at radius 2 is 1.66 bits per heavy atom. The molecule has 0 bridgehead atoms. The smallest absolute Gasteiger partial charge is 0.289 e. The number of hydrogen-bond acceptors (Lipinski definition) is 12. The van der Waals surface area contributed by atoms with Gasteiger partial charge in [0, 0.05) is 28.6 Å². The summed E-state index contributed by atoms with van der Waals surface area (Å²) in [4.78, 5) is 21.1. The van der Waals surface area contributed by atoms with Crippen molar-refractivity contribution >= 4 is 44.0 Å². The first-order valence-electron chi connectivity index (χ1n) is 15.8. The van der Waals surface area contributed by atoms with Gasteiger partial charge in [0.25, 0.3) is 5.70 Å². The zero-order chi connectivity index (χ0) is 33.7. The minimum Gasteiger partial charge on any atom is -0.345 e. The molecule has 0 radical (unpaired) electrons. The number of thiazole rings is 1. The Bertz CT molecular complexity index is 2380. The third-order valence-electron chi connectivity index (χ3n) is 9.34. The Morgan fingerprint density at radius 1 is 0.900 bits per heavy atom.